The number of ether oxygens (including phenoxy) is 2. The SMILES string of the molecule is CC1(CO)CCC2(C(=O)O)C(C1)C1=CCC3C4(C5CCCC5)C(C5C=CC(CCC(N)O)(c6cnc[nH]6)C6NC(=O)C7(CCCC7)C56)C(O)C(OC5OCC(O)C(O)C5O)C(C)(CO)C4CCC3(C)C1(C)C1Cc3[nH]cnc3NCC12. The van der Waals surface area contributed by atoms with Crippen LogP contribution in [0.2, 0.25) is 0 Å². The van der Waals surface area contributed by atoms with E-state index in [4.69, 9.17) is 20.2 Å². The fourth-order valence-corrected chi connectivity index (χ4v) is 22.6. The highest BCUT2D eigenvalue weighted by Crippen LogP contribution is 2.82. The molecule has 3 aliphatic heterocycles. The molecule has 1 spiro atoms. The lowest BCUT2D eigenvalue weighted by Gasteiger charge is -2.77. The molecule has 8 fully saturated rings. The topological polar surface area (TPSA) is 322 Å². The third kappa shape index (κ3) is 7.47. The summed E-state index contributed by atoms with van der Waals surface area (Å²) in [5, 5.41) is 102. The van der Waals surface area contributed by atoms with E-state index in [1.54, 1.807) is 18.9 Å². The number of allylic oxidation sites excluding steroid dienone is 3. The van der Waals surface area contributed by atoms with Crippen molar-refractivity contribution in [2.75, 3.05) is 31.7 Å². The number of nitrogens with zero attached hydrogens (tertiary/aromatic N) is 2. The molecular formula is C62H91N7O12. The number of anilines is 1. The quantitative estimate of drug-likeness (QED) is 0.0841. The first-order valence-corrected chi connectivity index (χ1v) is 31.0. The van der Waals surface area contributed by atoms with Crippen LogP contribution in [-0.2, 0) is 30.9 Å². The minimum atomic E-state index is -1.67. The molecule has 2 aromatic heterocycles. The Hall–Kier alpha value is -3.76. The van der Waals surface area contributed by atoms with Gasteiger partial charge >= 0.3 is 5.97 Å². The van der Waals surface area contributed by atoms with Gasteiger partial charge in [-0.15, -0.1) is 0 Å². The number of aliphatic carboxylic acids is 1. The lowest BCUT2D eigenvalue weighted by Crippen LogP contribution is -2.77. The summed E-state index contributed by atoms with van der Waals surface area (Å²) in [7, 11) is 0. The molecule has 0 aromatic carbocycles. The molecule has 23 atom stereocenters. The molecule has 13 rings (SSSR count). The predicted octanol–water partition coefficient (Wildman–Crippen LogP) is 4.43. The zero-order valence-electron chi connectivity index (χ0n) is 47.8. The van der Waals surface area contributed by atoms with E-state index >= 15 is 4.79 Å². The molecule has 8 aliphatic carbocycles. The summed E-state index contributed by atoms with van der Waals surface area (Å²) in [5.74, 6) is -2.87. The van der Waals surface area contributed by atoms with Crippen LogP contribution in [0.5, 0.6) is 0 Å². The van der Waals surface area contributed by atoms with Gasteiger partial charge in [0.25, 0.3) is 0 Å². The molecule has 2 saturated heterocycles. The molecule has 19 heteroatoms. The van der Waals surface area contributed by atoms with E-state index < -0.39 is 110 Å². The molecule has 19 nitrogen and oxygen atoms in total. The number of aliphatic hydroxyl groups excluding tert-OH is 7. The average molecular weight is 1130 g/mol. The second kappa shape index (κ2) is 19.6. The first-order chi connectivity index (χ1) is 38.7. The number of carboxylic acids is 1. The maximum Gasteiger partial charge on any atom is 0.310 e. The van der Waals surface area contributed by atoms with Crippen molar-refractivity contribution in [3.05, 3.63) is 54.0 Å². The monoisotopic (exact) mass is 1130 g/mol. The number of aromatic nitrogens is 4. The Kier molecular flexibility index (Phi) is 13.7. The number of rotatable bonds is 11. The van der Waals surface area contributed by atoms with Crippen molar-refractivity contribution in [3.63, 3.8) is 0 Å². The Labute approximate surface area is 475 Å². The molecule has 14 N–H and O–H groups in total. The summed E-state index contributed by atoms with van der Waals surface area (Å²) in [6.45, 7) is 8.77. The number of amides is 1. The molecule has 0 bridgehead atoms. The van der Waals surface area contributed by atoms with Gasteiger partial charge in [-0.2, -0.15) is 0 Å². The third-order valence-electron chi connectivity index (χ3n) is 26.3. The van der Waals surface area contributed by atoms with E-state index in [0.717, 1.165) is 55.7 Å². The number of carbonyl (C=O) groups excluding carboxylic acids is 1. The van der Waals surface area contributed by atoms with Crippen molar-refractivity contribution >= 4 is 17.7 Å². The first kappa shape index (κ1) is 56.4. The largest absolute Gasteiger partial charge is 0.481 e. The van der Waals surface area contributed by atoms with Crippen molar-refractivity contribution < 1.29 is 59.9 Å². The summed E-state index contributed by atoms with van der Waals surface area (Å²) in [6.07, 6.45) is 13.8. The van der Waals surface area contributed by atoms with Gasteiger partial charge in [0, 0.05) is 48.3 Å². The number of aliphatic hydroxyl groups is 7. The van der Waals surface area contributed by atoms with Crippen LogP contribution < -0.4 is 16.4 Å². The van der Waals surface area contributed by atoms with Gasteiger partial charge in [0.1, 0.15) is 30.4 Å². The fraction of sp³-hybridized carbons (Fsp3) is 0.806. The van der Waals surface area contributed by atoms with Gasteiger partial charge in [-0.25, -0.2) is 9.97 Å². The van der Waals surface area contributed by atoms with Crippen molar-refractivity contribution in [2.24, 2.45) is 96.9 Å². The van der Waals surface area contributed by atoms with E-state index in [1.165, 1.54) is 5.57 Å². The van der Waals surface area contributed by atoms with Crippen molar-refractivity contribution in [2.45, 2.75) is 191 Å². The number of H-pyrrole nitrogens is 2. The number of nitrogens with two attached hydrogens (primary N) is 1. The summed E-state index contributed by atoms with van der Waals surface area (Å²) in [6, 6.07) is -0.517. The highest BCUT2D eigenvalue weighted by Gasteiger charge is 2.80. The summed E-state index contributed by atoms with van der Waals surface area (Å²) in [5.41, 5.74) is 2.65. The molecule has 446 valence electrons. The Balaban J connectivity index is 1.07. The van der Waals surface area contributed by atoms with Crippen LogP contribution in [0.1, 0.15) is 142 Å². The van der Waals surface area contributed by atoms with Gasteiger partial charge in [0.15, 0.2) is 6.29 Å². The number of nitrogens with one attached hydrogen (secondary N) is 4. The zero-order valence-corrected chi connectivity index (χ0v) is 47.8. The minimum Gasteiger partial charge on any atom is -0.481 e. The summed E-state index contributed by atoms with van der Waals surface area (Å²) in [4.78, 5) is 46.3. The number of fused-ring (bicyclic) bond motifs is 13. The zero-order chi connectivity index (χ0) is 57.0. The minimum absolute atomic E-state index is 0.0131. The average Bonchev–Trinajstić information content (AvgIpc) is 4.16. The number of imidazole rings is 2. The van der Waals surface area contributed by atoms with Crippen LogP contribution in [0.3, 0.4) is 0 Å². The Morgan fingerprint density at radius 1 is 0.901 bits per heavy atom. The number of hydrogen-bond acceptors (Lipinski definition) is 15. The van der Waals surface area contributed by atoms with Gasteiger partial charge in [0.2, 0.25) is 5.91 Å². The molecule has 23 unspecified atom stereocenters. The molecular weight excluding hydrogens is 1030 g/mol. The molecule has 0 radical (unpaired) electrons. The van der Waals surface area contributed by atoms with Crippen LogP contribution >= 0.6 is 0 Å². The van der Waals surface area contributed by atoms with Gasteiger partial charge in [-0.3, -0.25) is 9.59 Å². The van der Waals surface area contributed by atoms with Crippen LogP contribution in [-0.4, -0.2) is 148 Å². The van der Waals surface area contributed by atoms with Crippen molar-refractivity contribution in [1.82, 2.24) is 25.3 Å². The smallest absolute Gasteiger partial charge is 0.310 e. The van der Waals surface area contributed by atoms with E-state index in [1.807, 2.05) is 6.92 Å². The van der Waals surface area contributed by atoms with Crippen molar-refractivity contribution in [3.8, 4) is 0 Å². The normalized spacial score (nSPS) is 49.2. The number of hydrogen-bond donors (Lipinski definition) is 13. The lowest BCUT2D eigenvalue weighted by atomic mass is 9.27. The summed E-state index contributed by atoms with van der Waals surface area (Å²) >= 11 is 0. The van der Waals surface area contributed by atoms with Gasteiger partial charge in [-0.1, -0.05) is 77.2 Å². The molecule has 5 heterocycles. The van der Waals surface area contributed by atoms with Crippen LogP contribution in [0.15, 0.2) is 42.7 Å². The van der Waals surface area contributed by atoms with Crippen LogP contribution in [0, 0.1) is 91.2 Å². The van der Waals surface area contributed by atoms with E-state index in [-0.39, 0.29) is 73.6 Å². The standard InChI is InChI=1S/C62H91N7O12/c1-55(28-70)21-22-61(54(78)79)36(24-55)34-11-12-41-57(3,58(34,4)35-23-38-51(68-31-66-38)65-25-37(35)61)18-14-40-56(2,29-71)50(81-52-48(76)46(74)39(72)27-80-52)47(75)44(62(40,41)32-9-5-6-10-32)33-13-19-59(20-15-43(63)73,42-26-64-30-67-42)49-45(33)60(53(77)69-49)16-7-8-17-60/h11,13,19,26,30-33,35-37,39-41,43-50,52,65,70-76H,5-10,12,14-18,20-25,27-29,63H2,1-4H3,(H,64,67)(H,66,68)(H,69,77)(H,78,79). The molecule has 81 heavy (non-hydrogen) atoms. The molecule has 1 amide bonds. The van der Waals surface area contributed by atoms with Gasteiger partial charge in [-0.05, 0) is 147 Å². The first-order valence-electron chi connectivity index (χ1n) is 31.0. The Bertz CT molecular complexity index is 2780. The highest BCUT2D eigenvalue weighted by atomic mass is 16.7. The van der Waals surface area contributed by atoms with E-state index in [2.05, 4.69) is 64.6 Å². The Morgan fingerprint density at radius 2 is 1.67 bits per heavy atom. The second-order valence-corrected chi connectivity index (χ2v) is 29.1. The molecule has 2 aromatic rings. The number of aromatic amines is 2. The van der Waals surface area contributed by atoms with E-state index in [9.17, 15) is 45.6 Å². The maximum atomic E-state index is 15.5. The Morgan fingerprint density at radius 3 is 2.36 bits per heavy atom. The maximum absolute atomic E-state index is 15.5. The number of carboxylic acid groups (broad SMARTS) is 1. The molecule has 11 aliphatic rings. The highest BCUT2D eigenvalue weighted by molar-refractivity contribution is 5.87. The second-order valence-electron chi connectivity index (χ2n) is 29.1. The van der Waals surface area contributed by atoms with Gasteiger partial charge < -0.3 is 76.7 Å². The van der Waals surface area contributed by atoms with Crippen molar-refractivity contribution in [1.29, 1.82) is 0 Å². The van der Waals surface area contributed by atoms with Crippen LogP contribution in [0.4, 0.5) is 5.82 Å². The fourth-order valence-electron chi connectivity index (χ4n) is 22.6. The lowest BCUT2D eigenvalue weighted by molar-refractivity contribution is -0.354. The predicted molar refractivity (Wildman–Crippen MR) is 296 cm³/mol. The number of carbonyl (C=O) groups is 2. The molecule has 6 saturated carbocycles. The summed E-state index contributed by atoms with van der Waals surface area (Å²) < 4.78 is 13.1. The van der Waals surface area contributed by atoms with Gasteiger partial charge in [0.05, 0.1) is 60.0 Å². The van der Waals surface area contributed by atoms with E-state index in [0.29, 0.717) is 70.8 Å². The third-order valence-corrected chi connectivity index (χ3v) is 26.3. The van der Waals surface area contributed by atoms with Crippen LogP contribution in [0.25, 0.3) is 0 Å².